The molecule has 2 nitrogen and oxygen atoms in total. The van der Waals surface area contributed by atoms with E-state index in [0.29, 0.717) is 6.61 Å². The Morgan fingerprint density at radius 1 is 1.21 bits per heavy atom. The predicted molar refractivity (Wildman–Crippen MR) is 57.4 cm³/mol. The number of benzene rings is 1. The second-order valence-corrected chi connectivity index (χ2v) is 2.99. The van der Waals surface area contributed by atoms with E-state index in [2.05, 4.69) is 6.92 Å². The summed E-state index contributed by atoms with van der Waals surface area (Å²) < 4.78 is 0. The molecule has 76 valence electrons. The van der Waals surface area contributed by atoms with E-state index in [0.717, 1.165) is 18.4 Å². The van der Waals surface area contributed by atoms with Crippen molar-refractivity contribution in [3.8, 4) is 0 Å². The van der Waals surface area contributed by atoms with Gasteiger partial charge in [0.25, 0.3) is 0 Å². The molecule has 0 fully saturated rings. The highest BCUT2D eigenvalue weighted by molar-refractivity contribution is 5.47. The van der Waals surface area contributed by atoms with Gasteiger partial charge >= 0.3 is 0 Å². The molecule has 0 aliphatic carbocycles. The molecular formula is C12H16O2. The fourth-order valence-corrected chi connectivity index (χ4v) is 0.961. The lowest BCUT2D eigenvalue weighted by molar-refractivity contribution is -0.248. The molecule has 1 aromatic rings. The first-order chi connectivity index (χ1) is 6.93. The van der Waals surface area contributed by atoms with Crippen molar-refractivity contribution in [3.63, 3.8) is 0 Å². The van der Waals surface area contributed by atoms with Crippen LogP contribution in [0.5, 0.6) is 0 Å². The molecule has 1 rings (SSSR count). The fraction of sp³-hybridized carbons (Fsp3) is 0.333. The molecule has 0 aliphatic heterocycles. The monoisotopic (exact) mass is 192 g/mol. The lowest BCUT2D eigenvalue weighted by Gasteiger charge is -1.98. The Hall–Kier alpha value is -1.28. The van der Waals surface area contributed by atoms with E-state index in [9.17, 15) is 0 Å². The van der Waals surface area contributed by atoms with Crippen molar-refractivity contribution in [3.05, 3.63) is 42.2 Å². The van der Waals surface area contributed by atoms with Crippen LogP contribution in [-0.4, -0.2) is 6.61 Å². The maximum absolute atomic E-state index is 4.91. The fourth-order valence-electron chi connectivity index (χ4n) is 0.961. The summed E-state index contributed by atoms with van der Waals surface area (Å²) in [5, 5.41) is 0. The Bertz CT molecular complexity index is 254. The van der Waals surface area contributed by atoms with Crippen molar-refractivity contribution >= 4 is 6.08 Å². The molecule has 0 atom stereocenters. The molecule has 0 spiro atoms. The number of rotatable bonds is 6. The standard InChI is InChI=1S/C12H16O2/c1-2-3-10-13-14-11-9-12-7-5-4-6-8-12/h4-9,11H,2-3,10H2,1H3. The summed E-state index contributed by atoms with van der Waals surface area (Å²) in [5.74, 6) is 0. The Morgan fingerprint density at radius 2 is 2.00 bits per heavy atom. The van der Waals surface area contributed by atoms with Gasteiger partial charge in [0.1, 0.15) is 6.26 Å². The third-order valence-corrected chi connectivity index (χ3v) is 1.76. The average molecular weight is 192 g/mol. The van der Waals surface area contributed by atoms with E-state index in [4.69, 9.17) is 9.78 Å². The highest BCUT2D eigenvalue weighted by Crippen LogP contribution is 2.01. The van der Waals surface area contributed by atoms with E-state index in [1.807, 2.05) is 36.4 Å². The summed E-state index contributed by atoms with van der Waals surface area (Å²) in [6, 6.07) is 9.96. The molecule has 0 amide bonds. The first-order valence-corrected chi connectivity index (χ1v) is 4.93. The molecule has 0 aliphatic rings. The quantitative estimate of drug-likeness (QED) is 0.297. The van der Waals surface area contributed by atoms with Crippen molar-refractivity contribution < 1.29 is 9.78 Å². The molecular weight excluding hydrogens is 176 g/mol. The molecule has 0 heterocycles. The van der Waals surface area contributed by atoms with Crippen LogP contribution >= 0.6 is 0 Å². The number of hydrogen-bond donors (Lipinski definition) is 0. The normalized spacial score (nSPS) is 10.6. The number of unbranched alkanes of at least 4 members (excludes halogenated alkanes) is 1. The van der Waals surface area contributed by atoms with Gasteiger partial charge in [0.15, 0.2) is 0 Å². The lowest BCUT2D eigenvalue weighted by Crippen LogP contribution is -1.90. The van der Waals surface area contributed by atoms with Gasteiger partial charge in [-0.25, -0.2) is 0 Å². The minimum atomic E-state index is 0.648. The van der Waals surface area contributed by atoms with Gasteiger partial charge in [-0.15, -0.1) is 0 Å². The van der Waals surface area contributed by atoms with Gasteiger partial charge in [0, 0.05) is 0 Å². The Kier molecular flexibility index (Phi) is 5.52. The minimum Gasteiger partial charge on any atom is -0.345 e. The van der Waals surface area contributed by atoms with Crippen LogP contribution in [0.1, 0.15) is 25.3 Å². The second kappa shape index (κ2) is 7.15. The summed E-state index contributed by atoms with van der Waals surface area (Å²) >= 11 is 0. The molecule has 0 radical (unpaired) electrons. The van der Waals surface area contributed by atoms with E-state index >= 15 is 0 Å². The summed E-state index contributed by atoms with van der Waals surface area (Å²) in [4.78, 5) is 9.77. The molecule has 0 unspecified atom stereocenters. The Morgan fingerprint density at radius 3 is 2.71 bits per heavy atom. The van der Waals surface area contributed by atoms with Crippen LogP contribution in [-0.2, 0) is 9.78 Å². The van der Waals surface area contributed by atoms with E-state index in [-0.39, 0.29) is 0 Å². The van der Waals surface area contributed by atoms with Crippen LogP contribution in [0, 0.1) is 0 Å². The molecule has 14 heavy (non-hydrogen) atoms. The van der Waals surface area contributed by atoms with Crippen LogP contribution in [0.3, 0.4) is 0 Å². The molecule has 0 bridgehead atoms. The van der Waals surface area contributed by atoms with Gasteiger partial charge in [0.2, 0.25) is 0 Å². The maximum atomic E-state index is 4.91. The van der Waals surface area contributed by atoms with Crippen LogP contribution in [0.2, 0.25) is 0 Å². The van der Waals surface area contributed by atoms with E-state index in [1.165, 1.54) is 0 Å². The zero-order valence-corrected chi connectivity index (χ0v) is 8.48. The van der Waals surface area contributed by atoms with Gasteiger partial charge in [0.05, 0.1) is 6.61 Å². The van der Waals surface area contributed by atoms with Gasteiger partial charge in [-0.2, -0.15) is 4.89 Å². The zero-order chi connectivity index (χ0) is 10.1. The topological polar surface area (TPSA) is 18.5 Å². The first-order valence-electron chi connectivity index (χ1n) is 4.93. The number of hydrogen-bond acceptors (Lipinski definition) is 2. The first kappa shape index (κ1) is 10.8. The molecule has 0 N–H and O–H groups in total. The molecule has 0 aromatic heterocycles. The third-order valence-electron chi connectivity index (χ3n) is 1.76. The van der Waals surface area contributed by atoms with Gasteiger partial charge < -0.3 is 4.89 Å². The summed E-state index contributed by atoms with van der Waals surface area (Å²) in [5.41, 5.74) is 1.10. The van der Waals surface area contributed by atoms with E-state index in [1.54, 1.807) is 6.26 Å². The van der Waals surface area contributed by atoms with Crippen molar-refractivity contribution in [2.75, 3.05) is 6.61 Å². The third kappa shape index (κ3) is 4.67. The van der Waals surface area contributed by atoms with Gasteiger partial charge in [-0.3, -0.25) is 0 Å². The molecule has 0 saturated heterocycles. The zero-order valence-electron chi connectivity index (χ0n) is 8.48. The maximum Gasteiger partial charge on any atom is 0.130 e. The van der Waals surface area contributed by atoms with Crippen LogP contribution in [0.4, 0.5) is 0 Å². The van der Waals surface area contributed by atoms with Crippen LogP contribution in [0.15, 0.2) is 36.6 Å². The van der Waals surface area contributed by atoms with Crippen LogP contribution in [0.25, 0.3) is 6.08 Å². The molecule has 2 heteroatoms. The minimum absolute atomic E-state index is 0.648. The smallest absolute Gasteiger partial charge is 0.130 e. The van der Waals surface area contributed by atoms with Crippen molar-refractivity contribution in [2.45, 2.75) is 19.8 Å². The highest BCUT2D eigenvalue weighted by Gasteiger charge is 1.85. The second-order valence-electron chi connectivity index (χ2n) is 2.99. The summed E-state index contributed by atoms with van der Waals surface area (Å²) in [6.07, 6.45) is 5.57. The Labute approximate surface area is 85.1 Å². The van der Waals surface area contributed by atoms with Crippen molar-refractivity contribution in [1.29, 1.82) is 0 Å². The van der Waals surface area contributed by atoms with Crippen molar-refractivity contribution in [1.82, 2.24) is 0 Å². The average Bonchev–Trinajstić information content (AvgIpc) is 2.25. The van der Waals surface area contributed by atoms with Crippen LogP contribution < -0.4 is 0 Å². The molecule has 0 saturated carbocycles. The Balaban J connectivity index is 2.15. The van der Waals surface area contributed by atoms with Gasteiger partial charge in [-0.1, -0.05) is 43.7 Å². The largest absolute Gasteiger partial charge is 0.345 e. The van der Waals surface area contributed by atoms with Gasteiger partial charge in [-0.05, 0) is 18.1 Å². The van der Waals surface area contributed by atoms with E-state index < -0.39 is 0 Å². The predicted octanol–water partition coefficient (Wildman–Crippen LogP) is 3.41. The van der Waals surface area contributed by atoms with Crippen molar-refractivity contribution in [2.24, 2.45) is 0 Å². The molecule has 1 aromatic carbocycles. The summed E-state index contributed by atoms with van der Waals surface area (Å²) in [6.45, 7) is 2.76. The lowest BCUT2D eigenvalue weighted by atomic mass is 10.2. The SMILES string of the molecule is CCCCOOC=Cc1ccccc1. The highest BCUT2D eigenvalue weighted by atomic mass is 17.2. The summed E-state index contributed by atoms with van der Waals surface area (Å²) in [7, 11) is 0.